The summed E-state index contributed by atoms with van der Waals surface area (Å²) in [6.45, 7) is 5.37. The Bertz CT molecular complexity index is 776. The summed E-state index contributed by atoms with van der Waals surface area (Å²) >= 11 is 0. The second kappa shape index (κ2) is 9.87. The van der Waals surface area contributed by atoms with E-state index in [1.807, 2.05) is 6.92 Å². The molecule has 154 valence electrons. The highest BCUT2D eigenvalue weighted by Crippen LogP contribution is 2.28. The Morgan fingerprint density at radius 3 is 2.61 bits per heavy atom. The number of aryl methyl sites for hydroxylation is 2. The molecule has 2 heterocycles. The molecular weight excluding hydrogens is 350 g/mol. The number of carbonyl (C=O) groups is 1. The lowest BCUT2D eigenvalue weighted by atomic mass is 10.0. The van der Waals surface area contributed by atoms with E-state index in [0.29, 0.717) is 6.42 Å². The van der Waals surface area contributed by atoms with E-state index in [1.165, 1.54) is 11.1 Å². The normalized spacial score (nSPS) is 15.8. The highest BCUT2D eigenvalue weighted by molar-refractivity contribution is 5.98. The van der Waals surface area contributed by atoms with Gasteiger partial charge in [0, 0.05) is 23.5 Å². The molecule has 28 heavy (non-hydrogen) atoms. The molecule has 5 nitrogen and oxygen atoms in total. The average Bonchev–Trinajstić information content (AvgIpc) is 3.13. The van der Waals surface area contributed by atoms with Gasteiger partial charge in [-0.15, -0.1) is 0 Å². The summed E-state index contributed by atoms with van der Waals surface area (Å²) < 4.78 is 0.969. The number of hydrogen-bond donors (Lipinski definition) is 2. The van der Waals surface area contributed by atoms with Crippen molar-refractivity contribution < 1.29 is 14.4 Å². The molecule has 1 aliphatic heterocycles. The number of allylic oxidation sites excluding steroid dienone is 2. The van der Waals surface area contributed by atoms with E-state index in [-0.39, 0.29) is 6.42 Å². The van der Waals surface area contributed by atoms with E-state index in [2.05, 4.69) is 51.3 Å². The highest BCUT2D eigenvalue weighted by Gasteiger charge is 2.16. The van der Waals surface area contributed by atoms with Crippen LogP contribution in [0.4, 0.5) is 0 Å². The van der Waals surface area contributed by atoms with Gasteiger partial charge in [0.05, 0.1) is 39.8 Å². The fourth-order valence-electron chi connectivity index (χ4n) is 3.48. The van der Waals surface area contributed by atoms with Crippen LogP contribution in [0.1, 0.15) is 62.9 Å². The average molecular weight is 387 g/mol. The largest absolute Gasteiger partial charge is 0.481 e. The second-order valence-electron chi connectivity index (χ2n) is 8.80. The van der Waals surface area contributed by atoms with Crippen LogP contribution in [0.5, 0.6) is 0 Å². The number of hydrogen-bond acceptors (Lipinski definition) is 2. The quantitative estimate of drug-likeness (QED) is 0.546. The van der Waals surface area contributed by atoms with Crippen LogP contribution in [0.25, 0.3) is 6.08 Å². The van der Waals surface area contributed by atoms with E-state index in [0.717, 1.165) is 65.9 Å². The number of aromatic amines is 1. The first-order valence-corrected chi connectivity index (χ1v) is 10.4. The predicted molar refractivity (Wildman–Crippen MR) is 117 cm³/mol. The van der Waals surface area contributed by atoms with Crippen molar-refractivity contribution >= 4 is 17.8 Å². The standard InChI is InChI=1S/C23H35N3O2/c1-6-7-9-19-15-20(11-12-23(27)28)25-22(19)16-21-18(14-17(2)24-21)10-8-13-26(3,4)5/h14-16H,6-13H2,1-5H3,(H-,24,25,27,28)/p+1. The molecule has 2 N–H and O–H groups in total. The third kappa shape index (κ3) is 7.12. The van der Waals surface area contributed by atoms with Gasteiger partial charge in [0.15, 0.2) is 0 Å². The first kappa shape index (κ1) is 22.2. The van der Waals surface area contributed by atoms with Gasteiger partial charge in [0.2, 0.25) is 0 Å². The van der Waals surface area contributed by atoms with E-state index in [1.54, 1.807) is 0 Å². The molecule has 0 spiro atoms. The number of carboxylic acid groups (broad SMARTS) is 1. The summed E-state index contributed by atoms with van der Waals surface area (Å²) in [5, 5.41) is 8.97. The molecule has 2 rings (SSSR count). The van der Waals surface area contributed by atoms with Crippen molar-refractivity contribution in [3.8, 4) is 0 Å². The number of rotatable bonds is 11. The Kier molecular flexibility index (Phi) is 7.81. The molecule has 1 aliphatic rings. The molecule has 0 atom stereocenters. The lowest BCUT2D eigenvalue weighted by Crippen LogP contribution is -2.35. The smallest absolute Gasteiger partial charge is 0.303 e. The summed E-state index contributed by atoms with van der Waals surface area (Å²) in [5.74, 6) is -0.761. The number of carboxylic acids is 1. The van der Waals surface area contributed by atoms with Crippen LogP contribution < -0.4 is 0 Å². The summed E-state index contributed by atoms with van der Waals surface area (Å²) in [7, 11) is 6.66. The molecule has 0 unspecified atom stereocenters. The molecule has 0 fully saturated rings. The van der Waals surface area contributed by atoms with E-state index in [4.69, 9.17) is 10.1 Å². The molecule has 0 radical (unpaired) electrons. The first-order valence-electron chi connectivity index (χ1n) is 10.4. The number of aliphatic imine (C=N–C) groups is 1. The third-order valence-electron chi connectivity index (χ3n) is 4.96. The topological polar surface area (TPSA) is 65.4 Å². The first-order chi connectivity index (χ1) is 13.2. The van der Waals surface area contributed by atoms with Crippen molar-refractivity contribution in [3.05, 3.63) is 40.4 Å². The van der Waals surface area contributed by atoms with E-state index >= 15 is 0 Å². The van der Waals surface area contributed by atoms with Gasteiger partial charge in [0.25, 0.3) is 0 Å². The Morgan fingerprint density at radius 1 is 1.21 bits per heavy atom. The van der Waals surface area contributed by atoms with Gasteiger partial charge in [-0.05, 0) is 62.0 Å². The molecule has 0 amide bonds. The summed E-state index contributed by atoms with van der Waals surface area (Å²) in [4.78, 5) is 19.1. The maximum Gasteiger partial charge on any atom is 0.303 e. The van der Waals surface area contributed by atoms with Gasteiger partial charge in [-0.25, -0.2) is 0 Å². The number of nitrogens with one attached hydrogen (secondary N) is 1. The third-order valence-corrected chi connectivity index (χ3v) is 4.96. The minimum Gasteiger partial charge on any atom is -0.481 e. The molecular formula is C23H36N3O2+. The zero-order chi connectivity index (χ0) is 20.7. The Hall–Kier alpha value is -2.14. The maximum absolute atomic E-state index is 10.9. The number of H-pyrrole nitrogens is 1. The number of aromatic nitrogens is 1. The lowest BCUT2D eigenvalue weighted by Gasteiger charge is -2.23. The van der Waals surface area contributed by atoms with Crippen LogP contribution in [0.2, 0.25) is 0 Å². The van der Waals surface area contributed by atoms with Crippen LogP contribution >= 0.6 is 0 Å². The molecule has 5 heteroatoms. The van der Waals surface area contributed by atoms with Crippen LogP contribution in [0.15, 0.2) is 28.4 Å². The molecule has 1 aromatic rings. The highest BCUT2D eigenvalue weighted by atomic mass is 16.4. The van der Waals surface area contributed by atoms with Crippen molar-refractivity contribution in [3.63, 3.8) is 0 Å². The second-order valence-corrected chi connectivity index (χ2v) is 8.80. The summed E-state index contributed by atoms with van der Waals surface area (Å²) in [6, 6.07) is 2.14. The zero-order valence-corrected chi connectivity index (χ0v) is 18.1. The molecule has 1 aromatic heterocycles. The van der Waals surface area contributed by atoms with Crippen LogP contribution in [-0.4, -0.2) is 53.9 Å². The maximum atomic E-state index is 10.9. The van der Waals surface area contributed by atoms with E-state index < -0.39 is 5.97 Å². The Labute approximate surface area is 169 Å². The minimum absolute atomic E-state index is 0.150. The van der Waals surface area contributed by atoms with Crippen LogP contribution in [0.3, 0.4) is 0 Å². The predicted octanol–water partition coefficient (Wildman–Crippen LogP) is 4.60. The Balaban J connectivity index is 2.19. The van der Waals surface area contributed by atoms with Crippen LogP contribution in [-0.2, 0) is 17.6 Å². The van der Waals surface area contributed by atoms with Crippen molar-refractivity contribution in [1.29, 1.82) is 0 Å². The Morgan fingerprint density at radius 2 is 1.96 bits per heavy atom. The zero-order valence-electron chi connectivity index (χ0n) is 18.1. The molecule has 0 saturated carbocycles. The number of nitrogens with zero attached hydrogens (tertiary/aromatic N) is 2. The SMILES string of the molecule is CCCCc1cc(CCC(=O)O)[nH]c1C=C1N=C(C)C=C1CCC[N+](C)(C)C. The van der Waals surface area contributed by atoms with E-state index in [9.17, 15) is 4.79 Å². The van der Waals surface area contributed by atoms with Gasteiger partial charge in [-0.2, -0.15) is 0 Å². The van der Waals surface area contributed by atoms with Gasteiger partial charge >= 0.3 is 5.97 Å². The monoisotopic (exact) mass is 386 g/mol. The molecule has 0 saturated heterocycles. The molecule has 0 bridgehead atoms. The van der Waals surface area contributed by atoms with Crippen molar-refractivity contribution in [2.45, 2.75) is 58.8 Å². The van der Waals surface area contributed by atoms with Gasteiger partial charge in [0.1, 0.15) is 0 Å². The fraction of sp³-hybridized carbons (Fsp3) is 0.565. The summed E-state index contributed by atoms with van der Waals surface area (Å²) in [6.07, 6.45) is 10.5. The minimum atomic E-state index is -0.761. The summed E-state index contributed by atoms with van der Waals surface area (Å²) in [5.41, 5.74) is 6.74. The van der Waals surface area contributed by atoms with Gasteiger partial charge in [-0.1, -0.05) is 13.3 Å². The molecule has 0 aromatic carbocycles. The fourth-order valence-corrected chi connectivity index (χ4v) is 3.48. The van der Waals surface area contributed by atoms with Gasteiger partial charge < -0.3 is 14.6 Å². The molecule has 0 aliphatic carbocycles. The number of aliphatic carboxylic acids is 1. The van der Waals surface area contributed by atoms with Crippen LogP contribution in [0, 0.1) is 0 Å². The number of quaternary nitrogens is 1. The van der Waals surface area contributed by atoms with Crippen molar-refractivity contribution in [2.75, 3.05) is 27.7 Å². The number of unbranched alkanes of at least 4 members (excludes halogenated alkanes) is 1. The lowest BCUT2D eigenvalue weighted by molar-refractivity contribution is -0.870. The van der Waals surface area contributed by atoms with Crippen molar-refractivity contribution in [1.82, 2.24) is 4.98 Å². The van der Waals surface area contributed by atoms with Gasteiger partial charge in [-0.3, -0.25) is 9.79 Å². The van der Waals surface area contributed by atoms with Crippen molar-refractivity contribution in [2.24, 2.45) is 4.99 Å².